The summed E-state index contributed by atoms with van der Waals surface area (Å²) in [6, 6.07) is 5.82. The smallest absolute Gasteiger partial charge is 0.115 e. The van der Waals surface area contributed by atoms with Crippen molar-refractivity contribution in [3.63, 3.8) is 0 Å². The Hall–Kier alpha value is -1.24. The fourth-order valence-corrected chi connectivity index (χ4v) is 2.87. The van der Waals surface area contributed by atoms with Gasteiger partial charge in [-0.05, 0) is 67.9 Å². The zero-order chi connectivity index (χ0) is 13.7. The fourth-order valence-electron chi connectivity index (χ4n) is 2.87. The van der Waals surface area contributed by atoms with Crippen LogP contribution in [0.1, 0.15) is 69.4 Å². The van der Waals surface area contributed by atoms with Crippen LogP contribution in [0.15, 0.2) is 23.8 Å². The van der Waals surface area contributed by atoms with Gasteiger partial charge in [0.15, 0.2) is 0 Å². The molecule has 0 saturated heterocycles. The van der Waals surface area contributed by atoms with Gasteiger partial charge in [-0.15, -0.1) is 0 Å². The molecule has 2 rings (SSSR count). The Bertz CT molecular complexity index is 451. The molecule has 1 aromatic rings. The van der Waals surface area contributed by atoms with Crippen molar-refractivity contribution in [3.05, 3.63) is 34.9 Å². The number of hydrogen-bond acceptors (Lipinski definition) is 1. The molecule has 0 aromatic heterocycles. The zero-order valence-electron chi connectivity index (χ0n) is 12.3. The zero-order valence-corrected chi connectivity index (χ0v) is 12.3. The highest BCUT2D eigenvalue weighted by Crippen LogP contribution is 2.38. The number of aromatic hydroxyl groups is 1. The summed E-state index contributed by atoms with van der Waals surface area (Å²) in [5, 5.41) is 9.56. The summed E-state index contributed by atoms with van der Waals surface area (Å²) in [5.41, 5.74) is 5.80. The lowest BCUT2D eigenvalue weighted by atomic mass is 9.82. The van der Waals surface area contributed by atoms with Crippen molar-refractivity contribution in [2.24, 2.45) is 0 Å². The quantitative estimate of drug-likeness (QED) is 0.658. The number of allylic oxidation sites excluding steroid dienone is 2. The normalized spacial score (nSPS) is 14.3. The van der Waals surface area contributed by atoms with Crippen LogP contribution >= 0.6 is 0 Å². The van der Waals surface area contributed by atoms with Crippen LogP contribution in [0, 0.1) is 6.92 Å². The molecule has 1 aromatic carbocycles. The lowest BCUT2D eigenvalue weighted by Gasteiger charge is -2.24. The summed E-state index contributed by atoms with van der Waals surface area (Å²) in [7, 11) is 0. The van der Waals surface area contributed by atoms with Gasteiger partial charge in [0.25, 0.3) is 0 Å². The highest BCUT2D eigenvalue weighted by molar-refractivity contribution is 5.72. The maximum atomic E-state index is 9.56. The maximum absolute atomic E-state index is 9.56. The lowest BCUT2D eigenvalue weighted by Crippen LogP contribution is -2.03. The van der Waals surface area contributed by atoms with Gasteiger partial charge in [-0.1, -0.05) is 37.8 Å². The average Bonchev–Trinajstić information content (AvgIpc) is 2.31. The molecule has 19 heavy (non-hydrogen) atoms. The maximum Gasteiger partial charge on any atom is 0.115 e. The van der Waals surface area contributed by atoms with Crippen LogP contribution in [-0.4, -0.2) is 5.11 Å². The second-order valence-corrected chi connectivity index (χ2v) is 5.75. The third-order valence-electron chi connectivity index (χ3n) is 4.20. The van der Waals surface area contributed by atoms with E-state index in [0.717, 1.165) is 0 Å². The van der Waals surface area contributed by atoms with Crippen LogP contribution in [0.2, 0.25) is 0 Å². The molecule has 1 saturated carbocycles. The van der Waals surface area contributed by atoms with E-state index in [-0.39, 0.29) is 0 Å². The monoisotopic (exact) mass is 258 g/mol. The van der Waals surface area contributed by atoms with Gasteiger partial charge in [-0.25, -0.2) is 0 Å². The van der Waals surface area contributed by atoms with E-state index in [4.69, 9.17) is 0 Å². The Morgan fingerprint density at radius 2 is 1.95 bits per heavy atom. The fraction of sp³-hybridized carbons (Fsp3) is 0.556. The van der Waals surface area contributed by atoms with E-state index in [2.05, 4.69) is 19.9 Å². The molecular weight excluding hydrogens is 232 g/mol. The van der Waals surface area contributed by atoms with Crippen LogP contribution in [0.5, 0.6) is 5.75 Å². The predicted octanol–water partition coefficient (Wildman–Crippen LogP) is 5.61. The van der Waals surface area contributed by atoms with Gasteiger partial charge in [-0.3, -0.25) is 0 Å². The van der Waals surface area contributed by atoms with E-state index in [1.54, 1.807) is 11.1 Å². The summed E-state index contributed by atoms with van der Waals surface area (Å²) < 4.78 is 0. The minimum atomic E-state index is 0.380. The third kappa shape index (κ3) is 3.62. The molecule has 0 amide bonds. The van der Waals surface area contributed by atoms with Crippen LogP contribution < -0.4 is 0 Å². The van der Waals surface area contributed by atoms with Gasteiger partial charge in [-0.2, -0.15) is 0 Å². The first kappa shape index (κ1) is 14.2. The van der Waals surface area contributed by atoms with Crippen LogP contribution in [0.4, 0.5) is 0 Å². The van der Waals surface area contributed by atoms with E-state index in [9.17, 15) is 5.11 Å². The van der Waals surface area contributed by atoms with E-state index >= 15 is 0 Å². The molecule has 1 nitrogen and oxygen atoms in total. The van der Waals surface area contributed by atoms with Gasteiger partial charge in [0.2, 0.25) is 0 Å². The first-order valence-corrected chi connectivity index (χ1v) is 7.73. The van der Waals surface area contributed by atoms with Gasteiger partial charge < -0.3 is 5.11 Å². The number of hydrogen-bond donors (Lipinski definition) is 1. The molecule has 1 N–H and O–H groups in total. The summed E-state index contributed by atoms with van der Waals surface area (Å²) in [6.07, 6.45) is 10.4. The van der Waals surface area contributed by atoms with Gasteiger partial charge in [0, 0.05) is 0 Å². The Kier molecular flexibility index (Phi) is 5.07. The lowest BCUT2D eigenvalue weighted by molar-refractivity contribution is 0.475. The van der Waals surface area contributed by atoms with E-state index in [1.165, 1.54) is 62.5 Å². The Morgan fingerprint density at radius 1 is 1.16 bits per heavy atom. The molecule has 0 atom stereocenters. The van der Waals surface area contributed by atoms with Crippen molar-refractivity contribution in [1.29, 1.82) is 0 Å². The second kappa shape index (κ2) is 6.79. The molecule has 0 spiro atoms. The Morgan fingerprint density at radius 3 is 2.53 bits per heavy atom. The molecule has 0 radical (unpaired) electrons. The van der Waals surface area contributed by atoms with Crippen LogP contribution in [0.25, 0.3) is 5.57 Å². The molecule has 0 aliphatic heterocycles. The van der Waals surface area contributed by atoms with Crippen molar-refractivity contribution >= 4 is 5.57 Å². The van der Waals surface area contributed by atoms with E-state index < -0.39 is 0 Å². The van der Waals surface area contributed by atoms with Crippen LogP contribution in [-0.2, 0) is 0 Å². The van der Waals surface area contributed by atoms with Crippen molar-refractivity contribution in [3.8, 4) is 5.75 Å². The predicted molar refractivity (Wildman–Crippen MR) is 82.4 cm³/mol. The number of phenolic OH excluding ortho intramolecular Hbond substituents is 1. The standard InChI is InChI=1S/C18H26O/c1-3-4-5-6-10-18(15-8-7-9-15)17-12-11-16(19)13-14(17)2/h11-13,19H,3-10H2,1-2H3. The number of aryl methyl sites for hydroxylation is 1. The van der Waals surface area contributed by atoms with E-state index in [1.807, 2.05) is 12.1 Å². The van der Waals surface area contributed by atoms with Gasteiger partial charge in [0.1, 0.15) is 5.75 Å². The minimum Gasteiger partial charge on any atom is -0.508 e. The number of benzene rings is 1. The molecule has 1 aliphatic carbocycles. The molecule has 1 fully saturated rings. The summed E-state index contributed by atoms with van der Waals surface area (Å²) in [4.78, 5) is 0. The van der Waals surface area contributed by atoms with E-state index in [0.29, 0.717) is 5.75 Å². The Labute approximate surface area is 117 Å². The Balaban J connectivity index is 2.14. The first-order chi connectivity index (χ1) is 9.22. The summed E-state index contributed by atoms with van der Waals surface area (Å²) in [5.74, 6) is 0.380. The minimum absolute atomic E-state index is 0.380. The molecular formula is C18H26O. The van der Waals surface area contributed by atoms with Crippen LogP contribution in [0.3, 0.4) is 0 Å². The number of unbranched alkanes of at least 4 members (excludes halogenated alkanes) is 3. The second-order valence-electron chi connectivity index (χ2n) is 5.75. The van der Waals surface area contributed by atoms with Gasteiger partial charge >= 0.3 is 0 Å². The number of phenols is 1. The third-order valence-corrected chi connectivity index (χ3v) is 4.20. The highest BCUT2D eigenvalue weighted by Gasteiger charge is 2.17. The molecule has 1 heteroatoms. The molecule has 0 bridgehead atoms. The summed E-state index contributed by atoms with van der Waals surface area (Å²) >= 11 is 0. The topological polar surface area (TPSA) is 20.2 Å². The molecule has 0 unspecified atom stereocenters. The number of rotatable bonds is 6. The van der Waals surface area contributed by atoms with Crippen molar-refractivity contribution in [2.75, 3.05) is 0 Å². The highest BCUT2D eigenvalue weighted by atomic mass is 16.3. The average molecular weight is 258 g/mol. The SMILES string of the molecule is CCCCCCC(=C1CCC1)c1ccc(O)cc1C. The summed E-state index contributed by atoms with van der Waals surface area (Å²) in [6.45, 7) is 4.37. The van der Waals surface area contributed by atoms with Gasteiger partial charge in [0.05, 0.1) is 0 Å². The van der Waals surface area contributed by atoms with Crippen molar-refractivity contribution in [2.45, 2.75) is 65.2 Å². The molecule has 0 heterocycles. The van der Waals surface area contributed by atoms with Crippen molar-refractivity contribution in [1.82, 2.24) is 0 Å². The molecule has 104 valence electrons. The molecule has 1 aliphatic rings. The largest absolute Gasteiger partial charge is 0.508 e. The first-order valence-electron chi connectivity index (χ1n) is 7.73. The van der Waals surface area contributed by atoms with Crippen molar-refractivity contribution < 1.29 is 5.11 Å².